The molecule has 1 N–H and O–H groups in total. The van der Waals surface area contributed by atoms with Gasteiger partial charge in [-0.05, 0) is 30.7 Å². The zero-order chi connectivity index (χ0) is 16.8. The number of nitrogens with one attached hydrogen (secondary N) is 1. The molecule has 0 unspecified atom stereocenters. The summed E-state index contributed by atoms with van der Waals surface area (Å²) in [7, 11) is 0. The lowest BCUT2D eigenvalue weighted by atomic mass is 10.2. The van der Waals surface area contributed by atoms with Crippen molar-refractivity contribution in [3.05, 3.63) is 54.1 Å². The van der Waals surface area contributed by atoms with Crippen LogP contribution in [0.3, 0.4) is 0 Å². The maximum Gasteiger partial charge on any atom is 0.248 e. The summed E-state index contributed by atoms with van der Waals surface area (Å²) in [4.78, 5) is 12.1. The van der Waals surface area contributed by atoms with E-state index in [1.54, 1.807) is 24.3 Å². The number of carbonyl (C=O) groups is 1. The number of fused-ring (bicyclic) bond motifs is 1. The number of benzene rings is 2. The van der Waals surface area contributed by atoms with Crippen molar-refractivity contribution in [1.82, 2.24) is 0 Å². The molecule has 0 fully saturated rings. The maximum atomic E-state index is 12.1. The van der Waals surface area contributed by atoms with Crippen LogP contribution in [0, 0.1) is 0 Å². The van der Waals surface area contributed by atoms with Crippen LogP contribution in [0.5, 0.6) is 17.2 Å². The average Bonchev–Trinajstić information content (AvgIpc) is 3.06. The number of anilines is 1. The van der Waals surface area contributed by atoms with Gasteiger partial charge in [-0.25, -0.2) is 0 Å². The predicted octanol–water partition coefficient (Wildman–Crippen LogP) is 3.86. The summed E-state index contributed by atoms with van der Waals surface area (Å²) in [6, 6.07) is 12.9. The fourth-order valence-electron chi connectivity index (χ4n) is 2.29. The minimum atomic E-state index is -0.223. The SMILES string of the molecule is CCCOc1ccccc1/C=C/C(=O)Nc1ccc2c(c1)OCO2. The first-order chi connectivity index (χ1) is 11.8. The topological polar surface area (TPSA) is 56.8 Å². The van der Waals surface area contributed by atoms with Gasteiger partial charge in [0.25, 0.3) is 0 Å². The normalized spacial score (nSPS) is 12.4. The molecule has 5 nitrogen and oxygen atoms in total. The van der Waals surface area contributed by atoms with Gasteiger partial charge in [0.05, 0.1) is 6.61 Å². The van der Waals surface area contributed by atoms with E-state index in [1.165, 1.54) is 6.08 Å². The highest BCUT2D eigenvalue weighted by molar-refractivity contribution is 6.02. The van der Waals surface area contributed by atoms with E-state index in [0.717, 1.165) is 17.7 Å². The zero-order valence-corrected chi connectivity index (χ0v) is 13.5. The average molecular weight is 325 g/mol. The highest BCUT2D eigenvalue weighted by Gasteiger charge is 2.13. The number of hydrogen-bond donors (Lipinski definition) is 1. The molecule has 1 aliphatic rings. The number of amides is 1. The molecule has 1 heterocycles. The number of hydrogen-bond acceptors (Lipinski definition) is 4. The van der Waals surface area contributed by atoms with Crippen molar-refractivity contribution in [3.8, 4) is 17.2 Å². The van der Waals surface area contributed by atoms with Crippen molar-refractivity contribution in [3.63, 3.8) is 0 Å². The molecule has 0 aliphatic carbocycles. The molecule has 3 rings (SSSR count). The van der Waals surface area contributed by atoms with E-state index in [4.69, 9.17) is 14.2 Å². The van der Waals surface area contributed by atoms with E-state index >= 15 is 0 Å². The summed E-state index contributed by atoms with van der Waals surface area (Å²) in [6.07, 6.45) is 4.16. The lowest BCUT2D eigenvalue weighted by Crippen LogP contribution is -2.07. The standard InChI is InChI=1S/C19H19NO4/c1-2-11-22-16-6-4-3-5-14(16)7-10-19(21)20-15-8-9-17-18(12-15)24-13-23-17/h3-10,12H,2,11,13H2,1H3,(H,20,21)/b10-7+. The second-order valence-corrected chi connectivity index (χ2v) is 5.28. The van der Waals surface area contributed by atoms with Crippen LogP contribution in [-0.4, -0.2) is 19.3 Å². The molecule has 1 amide bonds. The molecule has 5 heteroatoms. The van der Waals surface area contributed by atoms with Crippen LogP contribution in [0.1, 0.15) is 18.9 Å². The van der Waals surface area contributed by atoms with Gasteiger partial charge in [-0.1, -0.05) is 25.1 Å². The number of carbonyl (C=O) groups excluding carboxylic acids is 1. The van der Waals surface area contributed by atoms with E-state index in [0.29, 0.717) is 23.8 Å². The van der Waals surface area contributed by atoms with Crippen LogP contribution in [-0.2, 0) is 4.79 Å². The molecule has 1 aliphatic heterocycles. The predicted molar refractivity (Wildman–Crippen MR) is 92.5 cm³/mol. The van der Waals surface area contributed by atoms with Gasteiger partial charge < -0.3 is 19.5 Å². The number of para-hydroxylation sites is 1. The molecule has 0 atom stereocenters. The maximum absolute atomic E-state index is 12.1. The Balaban J connectivity index is 1.65. The van der Waals surface area contributed by atoms with Crippen LogP contribution in [0.25, 0.3) is 6.08 Å². The van der Waals surface area contributed by atoms with E-state index in [2.05, 4.69) is 12.2 Å². The highest BCUT2D eigenvalue weighted by atomic mass is 16.7. The molecule has 2 aromatic rings. The number of ether oxygens (including phenoxy) is 3. The molecular formula is C19H19NO4. The number of rotatable bonds is 6. The second kappa shape index (κ2) is 7.55. The highest BCUT2D eigenvalue weighted by Crippen LogP contribution is 2.34. The third kappa shape index (κ3) is 3.87. The Morgan fingerprint density at radius 3 is 2.92 bits per heavy atom. The molecule has 0 bridgehead atoms. The third-order valence-electron chi connectivity index (χ3n) is 3.44. The first kappa shape index (κ1) is 15.9. The molecule has 2 aromatic carbocycles. The summed E-state index contributed by atoms with van der Waals surface area (Å²) < 4.78 is 16.2. The van der Waals surface area contributed by atoms with Crippen molar-refractivity contribution < 1.29 is 19.0 Å². The van der Waals surface area contributed by atoms with Gasteiger partial charge in [0.15, 0.2) is 11.5 Å². The van der Waals surface area contributed by atoms with Gasteiger partial charge >= 0.3 is 0 Å². The van der Waals surface area contributed by atoms with Crippen molar-refractivity contribution >= 4 is 17.7 Å². The largest absolute Gasteiger partial charge is 0.493 e. The van der Waals surface area contributed by atoms with Gasteiger partial charge in [-0.2, -0.15) is 0 Å². The van der Waals surface area contributed by atoms with Crippen molar-refractivity contribution in [2.75, 3.05) is 18.7 Å². The van der Waals surface area contributed by atoms with Crippen LogP contribution in [0.4, 0.5) is 5.69 Å². The summed E-state index contributed by atoms with van der Waals surface area (Å²) in [6.45, 7) is 2.91. The van der Waals surface area contributed by atoms with Gasteiger partial charge in [-0.15, -0.1) is 0 Å². The summed E-state index contributed by atoms with van der Waals surface area (Å²) >= 11 is 0. The van der Waals surface area contributed by atoms with Gasteiger partial charge in [0.1, 0.15) is 5.75 Å². The van der Waals surface area contributed by atoms with E-state index in [1.807, 2.05) is 24.3 Å². The molecular weight excluding hydrogens is 306 g/mol. The Bertz CT molecular complexity index is 755. The molecule has 0 saturated heterocycles. The Hall–Kier alpha value is -2.95. The van der Waals surface area contributed by atoms with E-state index < -0.39 is 0 Å². The first-order valence-electron chi connectivity index (χ1n) is 7.87. The summed E-state index contributed by atoms with van der Waals surface area (Å²) in [5.41, 5.74) is 1.52. The molecule has 124 valence electrons. The van der Waals surface area contributed by atoms with Crippen LogP contribution >= 0.6 is 0 Å². The van der Waals surface area contributed by atoms with E-state index in [-0.39, 0.29) is 12.7 Å². The lowest BCUT2D eigenvalue weighted by molar-refractivity contribution is -0.111. The fourth-order valence-corrected chi connectivity index (χ4v) is 2.29. The quantitative estimate of drug-likeness (QED) is 0.820. The van der Waals surface area contributed by atoms with Crippen molar-refractivity contribution in [2.45, 2.75) is 13.3 Å². The van der Waals surface area contributed by atoms with Crippen LogP contribution in [0.2, 0.25) is 0 Å². The molecule has 24 heavy (non-hydrogen) atoms. The van der Waals surface area contributed by atoms with Crippen LogP contribution < -0.4 is 19.5 Å². The molecule has 0 saturated carbocycles. The minimum absolute atomic E-state index is 0.210. The van der Waals surface area contributed by atoms with Gasteiger partial charge in [-0.3, -0.25) is 4.79 Å². The smallest absolute Gasteiger partial charge is 0.248 e. The van der Waals surface area contributed by atoms with E-state index in [9.17, 15) is 4.79 Å². The monoisotopic (exact) mass is 325 g/mol. The molecule has 0 aromatic heterocycles. The third-order valence-corrected chi connectivity index (χ3v) is 3.44. The zero-order valence-electron chi connectivity index (χ0n) is 13.5. The van der Waals surface area contributed by atoms with Gasteiger partial charge in [0, 0.05) is 23.4 Å². The second-order valence-electron chi connectivity index (χ2n) is 5.28. The Morgan fingerprint density at radius 1 is 1.21 bits per heavy atom. The Labute approximate surface area is 140 Å². The summed E-state index contributed by atoms with van der Waals surface area (Å²) in [5.74, 6) is 1.87. The Morgan fingerprint density at radius 2 is 2.04 bits per heavy atom. The fraction of sp³-hybridized carbons (Fsp3) is 0.211. The van der Waals surface area contributed by atoms with Gasteiger partial charge in [0.2, 0.25) is 12.7 Å². The van der Waals surface area contributed by atoms with Crippen molar-refractivity contribution in [1.29, 1.82) is 0 Å². The van der Waals surface area contributed by atoms with Crippen LogP contribution in [0.15, 0.2) is 48.5 Å². The van der Waals surface area contributed by atoms with Crippen molar-refractivity contribution in [2.24, 2.45) is 0 Å². The molecule has 0 spiro atoms. The first-order valence-corrected chi connectivity index (χ1v) is 7.87. The lowest BCUT2D eigenvalue weighted by Gasteiger charge is -2.07. The minimum Gasteiger partial charge on any atom is -0.493 e. The molecule has 0 radical (unpaired) electrons. The summed E-state index contributed by atoms with van der Waals surface area (Å²) in [5, 5.41) is 2.80. The Kier molecular flexibility index (Phi) is 5.01.